The summed E-state index contributed by atoms with van der Waals surface area (Å²) in [5.41, 5.74) is 0. The summed E-state index contributed by atoms with van der Waals surface area (Å²) < 4.78 is 0. The highest BCUT2D eigenvalue weighted by atomic mass is 35.5. The highest BCUT2D eigenvalue weighted by Crippen LogP contribution is 1.68. The van der Waals surface area contributed by atoms with Gasteiger partial charge in [-0.2, -0.15) is 0 Å². The molecule has 0 atom stereocenters. The Hall–Kier alpha value is -0.330. The third kappa shape index (κ3) is 3.67. The van der Waals surface area contributed by atoms with Crippen LogP contribution in [0, 0.1) is 0 Å². The van der Waals surface area contributed by atoms with Gasteiger partial charge in [0, 0.05) is 7.05 Å². The van der Waals surface area contributed by atoms with Gasteiger partial charge in [0.1, 0.15) is 6.00 Å². The van der Waals surface area contributed by atoms with E-state index >= 15 is 0 Å². The molecule has 0 saturated carbocycles. The van der Waals surface area contributed by atoms with Gasteiger partial charge in [0.05, 0.1) is 6.01 Å². The van der Waals surface area contributed by atoms with Crippen LogP contribution in [-0.2, 0) is 0 Å². The Balaban J connectivity index is 3.18. The lowest BCUT2D eigenvalue weighted by atomic mass is 11.3. The largest absolute Gasteiger partial charge is 0.229 e. The van der Waals surface area contributed by atoms with E-state index in [1.165, 1.54) is 0 Å². The molecule has 0 aromatic heterocycles. The highest BCUT2D eigenvalue weighted by Gasteiger charge is 1.54. The van der Waals surface area contributed by atoms with Gasteiger partial charge in [-0.1, -0.05) is 11.6 Å². The molecule has 34 valence electrons. The van der Waals surface area contributed by atoms with E-state index < -0.39 is 0 Å². The number of hydrogen-bond donors (Lipinski definition) is 0. The van der Waals surface area contributed by atoms with Crippen molar-refractivity contribution in [3.05, 3.63) is 0 Å². The minimum atomic E-state index is 0.247. The van der Waals surface area contributed by atoms with Crippen molar-refractivity contribution in [3.63, 3.8) is 0 Å². The Morgan fingerprint density at radius 1 is 1.83 bits per heavy atom. The molecule has 3 heteroatoms. The maximum absolute atomic E-state index is 5.09. The molecule has 0 aliphatic carbocycles. The van der Waals surface area contributed by atoms with E-state index in [-0.39, 0.29) is 6.00 Å². The van der Waals surface area contributed by atoms with Gasteiger partial charge in [-0.25, -0.2) is 9.98 Å². The Bertz CT molecular complexity index is 72.9. The summed E-state index contributed by atoms with van der Waals surface area (Å²) in [6.45, 7) is 0. The molecular weight excluding hydrogens is 99.5 g/mol. The van der Waals surface area contributed by atoms with E-state index in [1.54, 1.807) is 7.05 Å². The Morgan fingerprint density at radius 3 is 2.67 bits per heavy atom. The fraction of sp³-hybridized carbons (Fsp3) is 0.667. The summed E-state index contributed by atoms with van der Waals surface area (Å²) in [4.78, 5) is 6.86. The number of hydrogen-bond acceptors (Lipinski definition) is 2. The van der Waals surface area contributed by atoms with Crippen LogP contribution in [0.1, 0.15) is 0 Å². The van der Waals surface area contributed by atoms with Gasteiger partial charge in [-0.3, -0.25) is 0 Å². The summed E-state index contributed by atoms with van der Waals surface area (Å²) in [6, 6.07) is 2.56. The molecule has 0 radical (unpaired) electrons. The van der Waals surface area contributed by atoms with Crippen LogP contribution in [0.5, 0.6) is 0 Å². The van der Waals surface area contributed by atoms with Gasteiger partial charge in [0.15, 0.2) is 0 Å². The standard InChI is InChI=1S/C3H5ClN2/c1-5-3-6-2-4/h2H2,1H3. The van der Waals surface area contributed by atoms with E-state index in [0.717, 1.165) is 0 Å². The molecule has 0 bridgehead atoms. The summed E-state index contributed by atoms with van der Waals surface area (Å²) in [5.74, 6) is 0. The van der Waals surface area contributed by atoms with Gasteiger partial charge in [-0.05, 0) is 0 Å². The summed E-state index contributed by atoms with van der Waals surface area (Å²) in [5, 5.41) is 0. The molecule has 0 aromatic rings. The normalized spacial score (nSPS) is 6.33. The summed E-state index contributed by atoms with van der Waals surface area (Å²) in [7, 11) is 1.59. The average molecular weight is 105 g/mol. The first kappa shape index (κ1) is 5.67. The Labute approximate surface area is 41.6 Å². The molecule has 0 fully saturated rings. The van der Waals surface area contributed by atoms with Crippen molar-refractivity contribution >= 4 is 17.6 Å². The fourth-order valence-corrected chi connectivity index (χ4v) is 0.151. The molecule has 0 aliphatic heterocycles. The third-order valence-electron chi connectivity index (χ3n) is 0.230. The highest BCUT2D eigenvalue weighted by molar-refractivity contribution is 6.17. The second kappa shape index (κ2) is 4.67. The summed E-state index contributed by atoms with van der Waals surface area (Å²) in [6.07, 6.45) is 0. The predicted molar refractivity (Wildman–Crippen MR) is 26.5 cm³/mol. The van der Waals surface area contributed by atoms with Gasteiger partial charge in [0.2, 0.25) is 0 Å². The maximum atomic E-state index is 5.09. The molecule has 0 aliphatic rings. The van der Waals surface area contributed by atoms with Crippen LogP contribution >= 0.6 is 11.6 Å². The number of alkyl halides is 1. The minimum Gasteiger partial charge on any atom is -0.229 e. The molecule has 6 heavy (non-hydrogen) atoms. The van der Waals surface area contributed by atoms with Crippen LogP contribution in [0.15, 0.2) is 9.98 Å². The molecule has 0 N–H and O–H groups in total. The van der Waals surface area contributed by atoms with Crippen molar-refractivity contribution in [3.8, 4) is 0 Å². The molecule has 0 amide bonds. The zero-order chi connectivity index (χ0) is 4.83. The van der Waals surface area contributed by atoms with E-state index in [0.29, 0.717) is 0 Å². The first-order valence-corrected chi connectivity index (χ1v) is 2.01. The van der Waals surface area contributed by atoms with E-state index in [9.17, 15) is 0 Å². The topological polar surface area (TPSA) is 24.7 Å². The lowest BCUT2D eigenvalue weighted by Gasteiger charge is -1.61. The van der Waals surface area contributed by atoms with Gasteiger partial charge in [-0.15, -0.1) is 0 Å². The first-order chi connectivity index (χ1) is 2.91. The zero-order valence-electron chi connectivity index (χ0n) is 3.48. The van der Waals surface area contributed by atoms with Crippen molar-refractivity contribution in [2.75, 3.05) is 13.1 Å². The third-order valence-corrected chi connectivity index (χ3v) is 0.350. The molecule has 0 aromatic carbocycles. The van der Waals surface area contributed by atoms with E-state index in [2.05, 4.69) is 16.0 Å². The van der Waals surface area contributed by atoms with Crippen molar-refractivity contribution < 1.29 is 0 Å². The molecule has 0 saturated heterocycles. The Kier molecular flexibility index (Phi) is 4.41. The van der Waals surface area contributed by atoms with Crippen LogP contribution < -0.4 is 0 Å². The molecule has 0 heterocycles. The fourth-order valence-electron chi connectivity index (χ4n) is 0.0974. The van der Waals surface area contributed by atoms with Crippen molar-refractivity contribution in [1.29, 1.82) is 0 Å². The van der Waals surface area contributed by atoms with Crippen LogP contribution in [0.25, 0.3) is 0 Å². The van der Waals surface area contributed by atoms with Crippen molar-refractivity contribution in [1.82, 2.24) is 0 Å². The van der Waals surface area contributed by atoms with E-state index in [1.807, 2.05) is 0 Å². The first-order valence-electron chi connectivity index (χ1n) is 1.48. The van der Waals surface area contributed by atoms with Crippen LogP contribution in [0.2, 0.25) is 0 Å². The molecule has 0 spiro atoms. The second-order valence-corrected chi connectivity index (χ2v) is 0.840. The molecule has 0 rings (SSSR count). The predicted octanol–water partition coefficient (Wildman–Crippen LogP) is 0.986. The number of halogens is 1. The number of nitrogens with zero attached hydrogens (tertiary/aromatic N) is 2. The van der Waals surface area contributed by atoms with Crippen LogP contribution in [0.3, 0.4) is 0 Å². The Morgan fingerprint density at radius 2 is 2.50 bits per heavy atom. The molecule has 0 unspecified atom stereocenters. The second-order valence-electron chi connectivity index (χ2n) is 0.601. The summed E-state index contributed by atoms with van der Waals surface area (Å²) >= 11 is 5.09. The zero-order valence-corrected chi connectivity index (χ0v) is 4.24. The SMILES string of the molecule is CN=C=NCCl. The minimum absolute atomic E-state index is 0.247. The van der Waals surface area contributed by atoms with Gasteiger partial charge < -0.3 is 0 Å². The maximum Gasteiger partial charge on any atom is 0.124 e. The lowest BCUT2D eigenvalue weighted by molar-refractivity contribution is 1.36. The molecular formula is C3H5ClN2. The van der Waals surface area contributed by atoms with Crippen LogP contribution in [0.4, 0.5) is 0 Å². The van der Waals surface area contributed by atoms with Crippen LogP contribution in [-0.4, -0.2) is 19.1 Å². The number of aliphatic imine (C=N–C) groups is 2. The lowest BCUT2D eigenvalue weighted by Crippen LogP contribution is -1.56. The van der Waals surface area contributed by atoms with Gasteiger partial charge >= 0.3 is 0 Å². The van der Waals surface area contributed by atoms with E-state index in [4.69, 9.17) is 11.6 Å². The smallest absolute Gasteiger partial charge is 0.124 e. The van der Waals surface area contributed by atoms with Crippen molar-refractivity contribution in [2.24, 2.45) is 9.98 Å². The monoisotopic (exact) mass is 104 g/mol. The quantitative estimate of drug-likeness (QED) is 0.269. The number of rotatable bonds is 1. The average Bonchev–Trinajstić information content (AvgIpc) is 1.61. The van der Waals surface area contributed by atoms with Crippen molar-refractivity contribution in [2.45, 2.75) is 0 Å². The van der Waals surface area contributed by atoms with Gasteiger partial charge in [0.25, 0.3) is 0 Å². The molecule has 2 nitrogen and oxygen atoms in total.